The van der Waals surface area contributed by atoms with Crippen molar-refractivity contribution >= 4 is 81.8 Å². The van der Waals surface area contributed by atoms with Crippen molar-refractivity contribution in [3.8, 4) is 102 Å². The molecule has 602 valence electrons. The maximum absolute atomic E-state index is 14.0. The summed E-state index contributed by atoms with van der Waals surface area (Å²) in [6.07, 6.45) is 5.36. The lowest BCUT2D eigenvalue weighted by molar-refractivity contribution is 0.290. The fraction of sp³-hybridized carbons (Fsp3) is 0.172. The highest BCUT2D eigenvalue weighted by Crippen LogP contribution is 2.42. The molecule has 0 N–H and O–H groups in total. The SMILES string of the molecule is C.COc1cc(OCc2cccc(OCc3cc(F)ccc3C)c2)c2cc(-c3cn4nc(OC)sc4n3)oc2c1.COc1cc(OCc2cccc(OCc3ccc(F)c(F)c3F)c2)c2cc(-c3cn4nc(OC)sc4n3)oc2c1.COc1cc(OCc2cccc(OCc3cccc(C)c3)c2)c2cc(-c3cn4nc(OC)sc4n3)oc2c1. The highest BCUT2D eigenvalue weighted by Gasteiger charge is 2.23. The first-order chi connectivity index (χ1) is 57.0. The molecular weight excluding hydrogens is 1580 g/mol. The summed E-state index contributed by atoms with van der Waals surface area (Å²) in [6.45, 7) is 5.34. The number of hydrogen-bond donors (Lipinski definition) is 0. The Balaban J connectivity index is 0.000000138. The molecular formula is C87H73F4N9O15S3. The van der Waals surface area contributed by atoms with Crippen LogP contribution in [0.15, 0.2) is 214 Å². The van der Waals surface area contributed by atoms with Crippen molar-refractivity contribution in [2.45, 2.75) is 60.9 Å². The Hall–Kier alpha value is -13.8. The van der Waals surface area contributed by atoms with Crippen LogP contribution in [-0.4, -0.2) is 86.5 Å². The number of halogens is 4. The molecule has 18 aromatic rings. The van der Waals surface area contributed by atoms with Gasteiger partial charge < -0.3 is 70.1 Å². The van der Waals surface area contributed by atoms with Gasteiger partial charge in [0.15, 0.2) is 34.7 Å². The van der Waals surface area contributed by atoms with Gasteiger partial charge in [0.2, 0.25) is 14.9 Å². The lowest BCUT2D eigenvalue weighted by atomic mass is 10.1. The molecule has 9 heterocycles. The minimum Gasteiger partial charge on any atom is -0.496 e. The van der Waals surface area contributed by atoms with Crippen molar-refractivity contribution in [2.75, 3.05) is 42.7 Å². The van der Waals surface area contributed by atoms with Gasteiger partial charge in [-0.3, -0.25) is 0 Å². The van der Waals surface area contributed by atoms with Gasteiger partial charge >= 0.3 is 0 Å². The van der Waals surface area contributed by atoms with Crippen molar-refractivity contribution in [2.24, 2.45) is 0 Å². The third-order valence-corrected chi connectivity index (χ3v) is 21.0. The van der Waals surface area contributed by atoms with Crippen LogP contribution in [0.5, 0.6) is 67.3 Å². The summed E-state index contributed by atoms with van der Waals surface area (Å²) in [5.74, 6) is 2.87. The molecule has 0 fully saturated rings. The highest BCUT2D eigenvalue weighted by molar-refractivity contribution is 7.19. The monoisotopic (exact) mass is 1660 g/mol. The number of imidazole rings is 3. The molecule has 0 aliphatic rings. The van der Waals surface area contributed by atoms with Crippen LogP contribution < -0.4 is 56.8 Å². The Morgan fingerprint density at radius 2 is 0.720 bits per heavy atom. The lowest BCUT2D eigenvalue weighted by Gasteiger charge is -2.12. The van der Waals surface area contributed by atoms with E-state index in [0.29, 0.717) is 142 Å². The third kappa shape index (κ3) is 17.9. The minimum atomic E-state index is -1.53. The predicted octanol–water partition coefficient (Wildman–Crippen LogP) is 20.9. The van der Waals surface area contributed by atoms with Crippen LogP contribution in [-0.2, 0) is 39.6 Å². The fourth-order valence-electron chi connectivity index (χ4n) is 12.4. The number of rotatable bonds is 27. The number of aromatic nitrogens is 9. The minimum absolute atomic E-state index is 0. The molecule has 24 nitrogen and oxygen atoms in total. The van der Waals surface area contributed by atoms with Crippen molar-refractivity contribution < 1.29 is 87.7 Å². The average Bonchev–Trinajstić information content (AvgIpc) is 1.63. The Morgan fingerprint density at radius 3 is 1.10 bits per heavy atom. The zero-order valence-electron chi connectivity index (χ0n) is 63.7. The van der Waals surface area contributed by atoms with Gasteiger partial charge in [0.05, 0.1) is 77.4 Å². The molecule has 9 aromatic heterocycles. The number of benzene rings is 9. The summed E-state index contributed by atoms with van der Waals surface area (Å²) in [7, 11) is 9.47. The maximum Gasteiger partial charge on any atom is 0.294 e. The first kappa shape index (κ1) is 79.5. The first-order valence-electron chi connectivity index (χ1n) is 36.0. The number of aryl methyl sites for hydroxylation is 2. The second-order valence-corrected chi connectivity index (χ2v) is 29.0. The zero-order chi connectivity index (χ0) is 80.8. The van der Waals surface area contributed by atoms with Crippen LogP contribution in [0.2, 0.25) is 0 Å². The van der Waals surface area contributed by atoms with E-state index in [1.54, 1.807) is 105 Å². The third-order valence-electron chi connectivity index (χ3n) is 18.4. The van der Waals surface area contributed by atoms with Gasteiger partial charge in [-0.05, 0) is 160 Å². The van der Waals surface area contributed by atoms with Crippen LogP contribution in [0.1, 0.15) is 51.9 Å². The molecule has 31 heteroatoms. The van der Waals surface area contributed by atoms with Gasteiger partial charge in [0, 0.05) is 42.0 Å². The molecule has 118 heavy (non-hydrogen) atoms. The Morgan fingerprint density at radius 1 is 0.347 bits per heavy atom. The van der Waals surface area contributed by atoms with E-state index in [2.05, 4.69) is 55.4 Å². The van der Waals surface area contributed by atoms with Crippen molar-refractivity contribution in [3.63, 3.8) is 0 Å². The Bertz CT molecular complexity index is 6530. The largest absolute Gasteiger partial charge is 0.496 e. The summed E-state index contributed by atoms with van der Waals surface area (Å²) in [6, 6.07) is 54.0. The highest BCUT2D eigenvalue weighted by atomic mass is 32.1. The Labute approximate surface area is 683 Å². The zero-order valence-corrected chi connectivity index (χ0v) is 66.1. The number of fused-ring (bicyclic) bond motifs is 6. The quantitative estimate of drug-likeness (QED) is 0.0343. The van der Waals surface area contributed by atoms with Gasteiger partial charge in [-0.2, -0.15) is 0 Å². The van der Waals surface area contributed by atoms with Crippen LogP contribution in [0, 0.1) is 37.1 Å². The number of methoxy groups -OCH3 is 6. The number of ether oxygens (including phenoxy) is 12. The molecule has 0 radical (unpaired) electrons. The van der Waals surface area contributed by atoms with E-state index in [1.165, 1.54) is 51.7 Å². The summed E-state index contributed by atoms with van der Waals surface area (Å²) in [4.78, 5) is 15.9. The fourth-order valence-corrected chi connectivity index (χ4v) is 14.5. The van der Waals surface area contributed by atoms with Gasteiger partial charge in [-0.1, -0.05) is 79.7 Å². The van der Waals surface area contributed by atoms with E-state index < -0.39 is 17.5 Å². The topological polar surface area (TPSA) is 241 Å². The van der Waals surface area contributed by atoms with E-state index in [-0.39, 0.29) is 38.6 Å². The second-order valence-electron chi connectivity index (χ2n) is 26.3. The van der Waals surface area contributed by atoms with E-state index in [9.17, 15) is 17.6 Å². The van der Waals surface area contributed by atoms with E-state index in [0.717, 1.165) is 72.4 Å². The van der Waals surface area contributed by atoms with Crippen molar-refractivity contribution in [1.82, 2.24) is 43.8 Å². The molecule has 9 aromatic carbocycles. The van der Waals surface area contributed by atoms with Gasteiger partial charge in [0.1, 0.15) is 131 Å². The molecule has 0 aliphatic carbocycles. The maximum atomic E-state index is 14.0. The van der Waals surface area contributed by atoms with Gasteiger partial charge in [-0.15, -0.1) is 15.3 Å². The summed E-state index contributed by atoms with van der Waals surface area (Å²) >= 11 is 4.02. The van der Waals surface area contributed by atoms with E-state index in [1.807, 2.05) is 116 Å². The molecule has 18 rings (SSSR count). The van der Waals surface area contributed by atoms with Crippen molar-refractivity contribution in [1.29, 1.82) is 0 Å². The molecule has 0 aliphatic heterocycles. The van der Waals surface area contributed by atoms with Gasteiger partial charge in [0.25, 0.3) is 15.6 Å². The number of furan rings is 3. The summed E-state index contributed by atoms with van der Waals surface area (Å²) in [5, 5.41) is 16.9. The van der Waals surface area contributed by atoms with Crippen LogP contribution in [0.25, 0.3) is 82.2 Å². The van der Waals surface area contributed by atoms with Crippen LogP contribution in [0.3, 0.4) is 0 Å². The summed E-state index contributed by atoms with van der Waals surface area (Å²) < 4.78 is 146. The van der Waals surface area contributed by atoms with Crippen LogP contribution in [0.4, 0.5) is 17.6 Å². The standard InChI is InChI=1S/C29H24FN3O5S.C29H25N3O5S.C28H20F3N3O5S.CH4/c1-17-7-8-20(30)10-19(17)16-36-21-6-4-5-18(9-21)15-37-25-11-22(34-2)12-26-23(25)13-27(38-26)24-14-33-28(31-24)39-29(32-33)35-3;1-18-6-4-7-19(10-18)16-35-21-9-5-8-20(11-21)17-36-25-12-22(33-2)13-26-23(25)14-27(37-26)24-15-32-28(30-24)38-29(31-32)34-3;1-35-18-9-22(19-11-24(39-23(19)10-18)21-12-34-27(32-21)40-28(33-34)36-2)38-13-15-4-3-5-17(8-15)37-14-16-6-7-20(29)26(31)25(16)30;/h4-14H,15-16H2,1-3H3;4-15H,16-17H2,1-3H3;3-12H,13-14H2,1-2H3;1H4. The molecule has 0 bridgehead atoms. The van der Waals surface area contributed by atoms with E-state index in [4.69, 9.17) is 70.1 Å². The van der Waals surface area contributed by atoms with E-state index >= 15 is 0 Å². The molecule has 0 unspecified atom stereocenters. The molecule has 0 spiro atoms. The summed E-state index contributed by atoms with van der Waals surface area (Å²) in [5.41, 5.74) is 10.4. The Kier molecular flexibility index (Phi) is 23.7. The molecule has 0 atom stereocenters. The molecule has 0 saturated heterocycles. The van der Waals surface area contributed by atoms with Crippen LogP contribution >= 0.6 is 34.0 Å². The number of nitrogens with zero attached hydrogens (tertiary/aromatic N) is 9. The van der Waals surface area contributed by atoms with Gasteiger partial charge in [-0.25, -0.2) is 46.1 Å². The second kappa shape index (κ2) is 35.1. The molecule has 0 amide bonds. The lowest BCUT2D eigenvalue weighted by Crippen LogP contribution is -2.03. The normalized spacial score (nSPS) is 11.2. The average molecular weight is 1660 g/mol. The smallest absolute Gasteiger partial charge is 0.294 e. The molecule has 0 saturated carbocycles. The van der Waals surface area contributed by atoms with Crippen molar-refractivity contribution in [3.05, 3.63) is 268 Å². The predicted molar refractivity (Wildman–Crippen MR) is 438 cm³/mol. The first-order valence-corrected chi connectivity index (χ1v) is 38.5. The number of hydrogen-bond acceptors (Lipinski definition) is 24.